The van der Waals surface area contributed by atoms with Crippen molar-refractivity contribution in [2.45, 2.75) is 53.2 Å². The molecule has 7 heteroatoms. The molecule has 0 aromatic carbocycles. The molecule has 6 nitrogen and oxygen atoms in total. The minimum absolute atomic E-state index is 0. The van der Waals surface area contributed by atoms with Crippen LogP contribution in [0.4, 0.5) is 0 Å². The fourth-order valence-corrected chi connectivity index (χ4v) is 2.65. The van der Waals surface area contributed by atoms with Crippen molar-refractivity contribution in [3.8, 4) is 0 Å². The third-order valence-electron chi connectivity index (χ3n) is 3.92. The molecule has 1 saturated heterocycles. The zero-order valence-corrected chi connectivity index (χ0v) is 16.9. The normalized spacial score (nSPS) is 16.3. The summed E-state index contributed by atoms with van der Waals surface area (Å²) in [6, 6.07) is 0. The molecule has 0 atom stereocenters. The topological polar surface area (TPSA) is 62.9 Å². The summed E-state index contributed by atoms with van der Waals surface area (Å²) in [7, 11) is 0. The van der Waals surface area contributed by atoms with Crippen LogP contribution in [0.1, 0.15) is 44.0 Å². The number of guanidine groups is 1. The highest BCUT2D eigenvalue weighted by Gasteiger charge is 2.21. The number of nitrogens with zero attached hydrogens (tertiary/aromatic N) is 3. The summed E-state index contributed by atoms with van der Waals surface area (Å²) in [5.74, 6) is 2.48. The molecule has 0 aliphatic carbocycles. The molecule has 1 aromatic rings. The molecule has 0 spiro atoms. The minimum atomic E-state index is 0. The van der Waals surface area contributed by atoms with E-state index in [1.54, 1.807) is 0 Å². The summed E-state index contributed by atoms with van der Waals surface area (Å²) in [6.45, 7) is 12.1. The molecule has 1 fully saturated rings. The third kappa shape index (κ3) is 5.95. The van der Waals surface area contributed by atoms with E-state index in [2.05, 4.69) is 34.0 Å². The van der Waals surface area contributed by atoms with Crippen LogP contribution in [-0.2, 0) is 11.3 Å². The number of oxazole rings is 1. The molecular formula is C16H29IN4O2. The Morgan fingerprint density at radius 2 is 2.04 bits per heavy atom. The van der Waals surface area contributed by atoms with Gasteiger partial charge in [-0.15, -0.1) is 24.0 Å². The average molecular weight is 436 g/mol. The summed E-state index contributed by atoms with van der Waals surface area (Å²) in [6.07, 6.45) is 2.49. The lowest BCUT2D eigenvalue weighted by Crippen LogP contribution is -2.47. The summed E-state index contributed by atoms with van der Waals surface area (Å²) in [5, 5.41) is 3.36. The fourth-order valence-electron chi connectivity index (χ4n) is 2.65. The van der Waals surface area contributed by atoms with Crippen molar-refractivity contribution in [3.63, 3.8) is 0 Å². The second-order valence-corrected chi connectivity index (χ2v) is 5.56. The number of hydrogen-bond donors (Lipinski definition) is 1. The van der Waals surface area contributed by atoms with Crippen LogP contribution in [0, 0.1) is 13.8 Å². The monoisotopic (exact) mass is 436 g/mol. The second kappa shape index (κ2) is 10.1. The third-order valence-corrected chi connectivity index (χ3v) is 3.92. The van der Waals surface area contributed by atoms with Crippen molar-refractivity contribution in [2.24, 2.45) is 4.99 Å². The SMILES string of the molecule is CCNC(=NCc1nc(C)c(C)o1)N1CCC(OCC)CC1.I. The van der Waals surface area contributed by atoms with Crippen molar-refractivity contribution in [1.82, 2.24) is 15.2 Å². The van der Waals surface area contributed by atoms with Gasteiger partial charge in [0.25, 0.3) is 0 Å². The van der Waals surface area contributed by atoms with Crippen molar-refractivity contribution in [3.05, 3.63) is 17.3 Å². The van der Waals surface area contributed by atoms with Gasteiger partial charge in [0, 0.05) is 26.2 Å². The molecule has 0 bridgehead atoms. The van der Waals surface area contributed by atoms with Gasteiger partial charge in [-0.3, -0.25) is 0 Å². The van der Waals surface area contributed by atoms with Gasteiger partial charge in [-0.05, 0) is 40.5 Å². The van der Waals surface area contributed by atoms with E-state index in [4.69, 9.17) is 9.15 Å². The Balaban J connectivity index is 0.00000264. The van der Waals surface area contributed by atoms with Crippen LogP contribution in [0.25, 0.3) is 0 Å². The zero-order chi connectivity index (χ0) is 15.9. The second-order valence-electron chi connectivity index (χ2n) is 5.56. The maximum Gasteiger partial charge on any atom is 0.216 e. The van der Waals surface area contributed by atoms with E-state index in [0.717, 1.165) is 56.5 Å². The van der Waals surface area contributed by atoms with Gasteiger partial charge in [-0.2, -0.15) is 0 Å². The molecular weight excluding hydrogens is 407 g/mol. The number of piperidine rings is 1. The molecule has 23 heavy (non-hydrogen) atoms. The van der Waals surface area contributed by atoms with Crippen molar-refractivity contribution in [2.75, 3.05) is 26.2 Å². The van der Waals surface area contributed by atoms with E-state index >= 15 is 0 Å². The first-order valence-corrected chi connectivity index (χ1v) is 8.21. The van der Waals surface area contributed by atoms with Gasteiger partial charge in [-0.1, -0.05) is 0 Å². The maximum atomic E-state index is 5.70. The zero-order valence-electron chi connectivity index (χ0n) is 14.6. The predicted molar refractivity (Wildman–Crippen MR) is 102 cm³/mol. The van der Waals surface area contributed by atoms with Crippen molar-refractivity contribution >= 4 is 29.9 Å². The molecule has 2 rings (SSSR count). The van der Waals surface area contributed by atoms with E-state index in [1.165, 1.54) is 0 Å². The summed E-state index contributed by atoms with van der Waals surface area (Å²) >= 11 is 0. The smallest absolute Gasteiger partial charge is 0.216 e. The first-order valence-electron chi connectivity index (χ1n) is 8.21. The Labute approximate surface area is 156 Å². The van der Waals surface area contributed by atoms with Crippen LogP contribution in [0.15, 0.2) is 9.41 Å². The molecule has 0 radical (unpaired) electrons. The Kier molecular flexibility index (Phi) is 8.90. The summed E-state index contributed by atoms with van der Waals surface area (Å²) < 4.78 is 11.3. The number of rotatable bonds is 5. The van der Waals surface area contributed by atoms with Gasteiger partial charge in [-0.25, -0.2) is 9.98 Å². The lowest BCUT2D eigenvalue weighted by molar-refractivity contribution is 0.0263. The van der Waals surface area contributed by atoms with E-state index < -0.39 is 0 Å². The lowest BCUT2D eigenvalue weighted by Gasteiger charge is -2.34. The number of halogens is 1. The highest BCUT2D eigenvalue weighted by Crippen LogP contribution is 2.14. The molecule has 0 amide bonds. The first-order chi connectivity index (χ1) is 10.6. The van der Waals surface area contributed by atoms with E-state index in [1.807, 2.05) is 13.8 Å². The van der Waals surface area contributed by atoms with E-state index in [9.17, 15) is 0 Å². The molecule has 0 unspecified atom stereocenters. The van der Waals surface area contributed by atoms with Crippen LogP contribution in [0.3, 0.4) is 0 Å². The average Bonchev–Trinajstić information content (AvgIpc) is 2.83. The Morgan fingerprint density at radius 3 is 2.57 bits per heavy atom. The Morgan fingerprint density at radius 1 is 1.35 bits per heavy atom. The van der Waals surface area contributed by atoms with Gasteiger partial charge >= 0.3 is 0 Å². The fraction of sp³-hybridized carbons (Fsp3) is 0.750. The van der Waals surface area contributed by atoms with E-state index in [-0.39, 0.29) is 24.0 Å². The van der Waals surface area contributed by atoms with Crippen LogP contribution >= 0.6 is 24.0 Å². The number of hydrogen-bond acceptors (Lipinski definition) is 4. The molecule has 132 valence electrons. The minimum Gasteiger partial charge on any atom is -0.444 e. The number of likely N-dealkylation sites (tertiary alicyclic amines) is 1. The van der Waals surface area contributed by atoms with Crippen LogP contribution in [-0.4, -0.2) is 48.2 Å². The highest BCUT2D eigenvalue weighted by atomic mass is 127. The van der Waals surface area contributed by atoms with Gasteiger partial charge in [0.1, 0.15) is 12.3 Å². The lowest BCUT2D eigenvalue weighted by atomic mass is 10.1. The number of aliphatic imine (C=N–C) groups is 1. The van der Waals surface area contributed by atoms with Crippen LogP contribution < -0.4 is 5.32 Å². The number of aryl methyl sites for hydroxylation is 2. The first kappa shape index (κ1) is 20.2. The van der Waals surface area contributed by atoms with Gasteiger partial charge in [0.15, 0.2) is 5.96 Å². The number of nitrogens with one attached hydrogen (secondary N) is 1. The Bertz CT molecular complexity index is 477. The largest absolute Gasteiger partial charge is 0.444 e. The quantitative estimate of drug-likeness (QED) is 0.437. The van der Waals surface area contributed by atoms with Crippen LogP contribution in [0.5, 0.6) is 0 Å². The molecule has 1 N–H and O–H groups in total. The van der Waals surface area contributed by atoms with E-state index in [0.29, 0.717) is 18.5 Å². The van der Waals surface area contributed by atoms with Crippen molar-refractivity contribution in [1.29, 1.82) is 0 Å². The number of aromatic nitrogens is 1. The maximum absolute atomic E-state index is 5.70. The van der Waals surface area contributed by atoms with Gasteiger partial charge in [0.05, 0.1) is 11.8 Å². The highest BCUT2D eigenvalue weighted by molar-refractivity contribution is 14.0. The molecule has 1 aliphatic rings. The summed E-state index contributed by atoms with van der Waals surface area (Å²) in [5.41, 5.74) is 0.938. The molecule has 1 aliphatic heterocycles. The number of ether oxygens (including phenoxy) is 1. The standard InChI is InChI=1S/C16H28N4O2.HI/c1-5-17-16(18-11-15-19-12(3)13(4)22-15)20-9-7-14(8-10-20)21-6-2;/h14H,5-11H2,1-4H3,(H,17,18);1H. The molecule has 0 saturated carbocycles. The molecule has 2 heterocycles. The summed E-state index contributed by atoms with van der Waals surface area (Å²) in [4.78, 5) is 11.3. The Hall–Kier alpha value is -0.830. The molecule has 1 aromatic heterocycles. The van der Waals surface area contributed by atoms with Crippen LogP contribution in [0.2, 0.25) is 0 Å². The van der Waals surface area contributed by atoms with Crippen molar-refractivity contribution < 1.29 is 9.15 Å². The van der Waals surface area contributed by atoms with Gasteiger partial charge < -0.3 is 19.4 Å². The predicted octanol–water partition coefficient (Wildman–Crippen LogP) is 2.88. The van der Waals surface area contributed by atoms with Gasteiger partial charge in [0.2, 0.25) is 5.89 Å².